The van der Waals surface area contributed by atoms with Crippen molar-refractivity contribution in [2.45, 2.75) is 19.4 Å². The smallest absolute Gasteiger partial charge is 0.0945 e. The molecule has 3 rings (SSSR count). The largest absolute Gasteiger partial charge is 0.385 e. The van der Waals surface area contributed by atoms with Crippen LogP contribution in [0.25, 0.3) is 0 Å². The fourth-order valence-corrected chi connectivity index (χ4v) is 2.59. The Morgan fingerprint density at radius 2 is 2.32 bits per heavy atom. The molecule has 0 saturated heterocycles. The zero-order valence-electron chi connectivity index (χ0n) is 11.3. The van der Waals surface area contributed by atoms with Crippen LogP contribution in [0.15, 0.2) is 36.9 Å². The van der Waals surface area contributed by atoms with Crippen molar-refractivity contribution in [1.82, 2.24) is 9.55 Å². The van der Waals surface area contributed by atoms with E-state index in [-0.39, 0.29) is 0 Å². The molecule has 4 heteroatoms. The van der Waals surface area contributed by atoms with Gasteiger partial charge in [0.15, 0.2) is 0 Å². The Morgan fingerprint density at radius 1 is 1.37 bits per heavy atom. The predicted molar refractivity (Wildman–Crippen MR) is 78.7 cm³/mol. The summed E-state index contributed by atoms with van der Waals surface area (Å²) < 4.78 is 2.11. The number of anilines is 2. The van der Waals surface area contributed by atoms with Crippen LogP contribution in [-0.2, 0) is 13.0 Å². The van der Waals surface area contributed by atoms with Gasteiger partial charge >= 0.3 is 0 Å². The van der Waals surface area contributed by atoms with E-state index in [1.807, 2.05) is 18.7 Å². The minimum atomic E-state index is 0.993. The van der Waals surface area contributed by atoms with Crippen molar-refractivity contribution >= 4 is 11.4 Å². The summed E-state index contributed by atoms with van der Waals surface area (Å²) in [6, 6.07) is 6.69. The third kappa shape index (κ3) is 2.72. The highest BCUT2D eigenvalue weighted by Crippen LogP contribution is 2.28. The molecule has 0 bridgehead atoms. The molecule has 0 radical (unpaired) electrons. The standard InChI is InChI=1S/C15H20N4/c1-18-9-5-13-11-14(3-4-15(13)18)17-6-2-8-19-10-7-16-12-19/h3-4,7,10-12,17H,2,5-6,8-9H2,1H3. The summed E-state index contributed by atoms with van der Waals surface area (Å²) in [6.07, 6.45) is 7.96. The van der Waals surface area contributed by atoms with Crippen LogP contribution in [0.4, 0.5) is 11.4 Å². The lowest BCUT2D eigenvalue weighted by atomic mass is 10.1. The highest BCUT2D eigenvalue weighted by atomic mass is 15.1. The highest BCUT2D eigenvalue weighted by Gasteiger charge is 2.15. The quantitative estimate of drug-likeness (QED) is 0.834. The number of nitrogens with one attached hydrogen (secondary N) is 1. The van der Waals surface area contributed by atoms with Gasteiger partial charge in [0, 0.05) is 50.5 Å². The molecule has 0 fully saturated rings. The molecule has 1 aromatic carbocycles. The fourth-order valence-electron chi connectivity index (χ4n) is 2.59. The highest BCUT2D eigenvalue weighted by molar-refractivity contribution is 5.63. The summed E-state index contributed by atoms with van der Waals surface area (Å²) in [5, 5.41) is 3.50. The van der Waals surface area contributed by atoms with Gasteiger partial charge in [-0.05, 0) is 36.6 Å². The van der Waals surface area contributed by atoms with E-state index in [9.17, 15) is 0 Å². The molecule has 1 aliphatic heterocycles. The van der Waals surface area contributed by atoms with Gasteiger partial charge in [-0.2, -0.15) is 0 Å². The molecule has 1 N–H and O–H groups in total. The average molecular weight is 256 g/mol. The maximum absolute atomic E-state index is 4.04. The summed E-state index contributed by atoms with van der Waals surface area (Å²) in [4.78, 5) is 6.36. The van der Waals surface area contributed by atoms with Gasteiger partial charge in [0.2, 0.25) is 0 Å². The summed E-state index contributed by atoms with van der Waals surface area (Å²) in [5.41, 5.74) is 4.07. The first-order chi connectivity index (χ1) is 9.33. The van der Waals surface area contributed by atoms with Crippen LogP contribution in [-0.4, -0.2) is 29.7 Å². The maximum Gasteiger partial charge on any atom is 0.0945 e. The number of rotatable bonds is 5. The van der Waals surface area contributed by atoms with E-state index in [1.54, 1.807) is 0 Å². The Hall–Kier alpha value is -1.97. The van der Waals surface area contributed by atoms with Crippen molar-refractivity contribution < 1.29 is 0 Å². The normalized spacial score (nSPS) is 13.6. The van der Waals surface area contributed by atoms with Gasteiger partial charge in [-0.15, -0.1) is 0 Å². The van der Waals surface area contributed by atoms with E-state index < -0.39 is 0 Å². The molecule has 4 nitrogen and oxygen atoms in total. The van der Waals surface area contributed by atoms with Crippen LogP contribution in [0.3, 0.4) is 0 Å². The van der Waals surface area contributed by atoms with Gasteiger partial charge in [-0.3, -0.25) is 0 Å². The van der Waals surface area contributed by atoms with Gasteiger partial charge in [0.25, 0.3) is 0 Å². The van der Waals surface area contributed by atoms with Crippen LogP contribution in [0.2, 0.25) is 0 Å². The third-order valence-electron chi connectivity index (χ3n) is 3.69. The first-order valence-corrected chi connectivity index (χ1v) is 6.86. The van der Waals surface area contributed by atoms with Gasteiger partial charge in [-0.25, -0.2) is 4.98 Å². The minimum Gasteiger partial charge on any atom is -0.385 e. The van der Waals surface area contributed by atoms with Crippen molar-refractivity contribution in [3.05, 3.63) is 42.5 Å². The Balaban J connectivity index is 1.51. The van der Waals surface area contributed by atoms with Crippen LogP contribution in [0.5, 0.6) is 0 Å². The molecule has 2 heterocycles. The first-order valence-electron chi connectivity index (χ1n) is 6.86. The van der Waals surface area contributed by atoms with E-state index >= 15 is 0 Å². The Morgan fingerprint density at radius 3 is 3.16 bits per heavy atom. The number of fused-ring (bicyclic) bond motifs is 1. The molecule has 1 aromatic heterocycles. The first kappa shape index (κ1) is 12.1. The van der Waals surface area contributed by atoms with Crippen molar-refractivity contribution in [3.63, 3.8) is 0 Å². The summed E-state index contributed by atoms with van der Waals surface area (Å²) in [5.74, 6) is 0. The van der Waals surface area contributed by atoms with E-state index in [0.29, 0.717) is 0 Å². The van der Waals surface area contributed by atoms with Crippen molar-refractivity contribution in [2.24, 2.45) is 0 Å². The van der Waals surface area contributed by atoms with Gasteiger partial charge in [0.05, 0.1) is 6.33 Å². The summed E-state index contributed by atoms with van der Waals surface area (Å²) in [7, 11) is 2.16. The molecule has 0 atom stereocenters. The molecule has 19 heavy (non-hydrogen) atoms. The molecule has 1 aliphatic rings. The number of likely N-dealkylation sites (N-methyl/N-ethyl adjacent to an activating group) is 1. The molecule has 0 spiro atoms. The van der Waals surface area contributed by atoms with Crippen LogP contribution < -0.4 is 10.2 Å². The van der Waals surface area contributed by atoms with Crippen molar-refractivity contribution in [2.75, 3.05) is 30.4 Å². The number of hydrogen-bond donors (Lipinski definition) is 1. The molecule has 100 valence electrons. The van der Waals surface area contributed by atoms with E-state index in [2.05, 4.69) is 45.0 Å². The SMILES string of the molecule is CN1CCc2cc(NCCCn3ccnc3)ccc21. The topological polar surface area (TPSA) is 33.1 Å². The molecular weight excluding hydrogens is 236 g/mol. The number of aromatic nitrogens is 2. The molecule has 0 amide bonds. The number of aryl methyl sites for hydroxylation is 1. The second-order valence-electron chi connectivity index (χ2n) is 5.10. The number of benzene rings is 1. The lowest BCUT2D eigenvalue weighted by Gasteiger charge is -2.13. The lowest BCUT2D eigenvalue weighted by molar-refractivity contribution is 0.661. The van der Waals surface area contributed by atoms with Crippen molar-refractivity contribution in [3.8, 4) is 0 Å². The lowest BCUT2D eigenvalue weighted by Crippen LogP contribution is -2.12. The van der Waals surface area contributed by atoms with Crippen LogP contribution >= 0.6 is 0 Å². The molecule has 2 aromatic rings. The average Bonchev–Trinajstić information content (AvgIpc) is 3.05. The van der Waals surface area contributed by atoms with E-state index in [0.717, 1.165) is 32.5 Å². The zero-order valence-corrected chi connectivity index (χ0v) is 11.3. The molecular formula is C15H20N4. The molecule has 0 unspecified atom stereocenters. The number of hydrogen-bond acceptors (Lipinski definition) is 3. The van der Waals surface area contributed by atoms with E-state index in [4.69, 9.17) is 0 Å². The summed E-state index contributed by atoms with van der Waals surface area (Å²) >= 11 is 0. The summed E-state index contributed by atoms with van der Waals surface area (Å²) in [6.45, 7) is 3.15. The Labute approximate surface area is 114 Å². The molecule has 0 aliphatic carbocycles. The van der Waals surface area contributed by atoms with Crippen molar-refractivity contribution in [1.29, 1.82) is 0 Å². The Bertz CT molecular complexity index is 533. The minimum absolute atomic E-state index is 0.993. The van der Waals surface area contributed by atoms with Crippen LogP contribution in [0.1, 0.15) is 12.0 Å². The zero-order chi connectivity index (χ0) is 13.1. The third-order valence-corrected chi connectivity index (χ3v) is 3.69. The van der Waals surface area contributed by atoms with Crippen LogP contribution in [0, 0.1) is 0 Å². The Kier molecular flexibility index (Phi) is 3.40. The predicted octanol–water partition coefficient (Wildman–Crippen LogP) is 2.38. The van der Waals surface area contributed by atoms with E-state index in [1.165, 1.54) is 16.9 Å². The maximum atomic E-state index is 4.04. The van der Waals surface area contributed by atoms with Gasteiger partial charge in [0.1, 0.15) is 0 Å². The number of imidazole rings is 1. The second-order valence-corrected chi connectivity index (χ2v) is 5.10. The molecule has 0 saturated carbocycles. The van der Waals surface area contributed by atoms with Gasteiger partial charge in [-0.1, -0.05) is 0 Å². The second kappa shape index (κ2) is 5.34. The monoisotopic (exact) mass is 256 g/mol. The fraction of sp³-hybridized carbons (Fsp3) is 0.400. The number of nitrogens with zero attached hydrogens (tertiary/aromatic N) is 3. The van der Waals surface area contributed by atoms with Gasteiger partial charge < -0.3 is 14.8 Å².